The van der Waals surface area contributed by atoms with Crippen LogP contribution >= 0.6 is 27.5 Å². The van der Waals surface area contributed by atoms with Crippen molar-refractivity contribution in [1.82, 2.24) is 0 Å². The molecule has 0 fully saturated rings. The molecule has 0 heterocycles. The lowest BCUT2D eigenvalue weighted by Crippen LogP contribution is -2.07. The zero-order valence-corrected chi connectivity index (χ0v) is 10.0. The highest BCUT2D eigenvalue weighted by Crippen LogP contribution is 2.39. The molecule has 0 saturated carbocycles. The predicted molar refractivity (Wildman–Crippen MR) is 55.3 cm³/mol. The molecule has 0 amide bonds. The summed E-state index contributed by atoms with van der Waals surface area (Å²) in [6.45, 7) is 0. The van der Waals surface area contributed by atoms with Gasteiger partial charge in [-0.3, -0.25) is 0 Å². The fourth-order valence-electron chi connectivity index (χ4n) is 1.08. The van der Waals surface area contributed by atoms with Crippen molar-refractivity contribution in [3.63, 3.8) is 0 Å². The normalized spacial score (nSPS) is 11.6. The largest absolute Gasteiger partial charge is 0.497 e. The molecule has 84 valence electrons. The zero-order valence-electron chi connectivity index (χ0n) is 7.66. The highest BCUT2D eigenvalue weighted by Gasteiger charge is 2.34. The Balaban J connectivity index is 3.37. The Kier molecular flexibility index (Phi) is 3.89. The molecule has 0 aliphatic carbocycles. The minimum atomic E-state index is -4.42. The molecular weight excluding hydrogens is 296 g/mol. The van der Waals surface area contributed by atoms with Crippen molar-refractivity contribution in [2.75, 3.05) is 7.11 Å². The second-order valence-electron chi connectivity index (χ2n) is 2.78. The molecule has 0 aliphatic heterocycles. The molecule has 0 aliphatic rings. The Bertz CT molecular complexity index is 365. The summed E-state index contributed by atoms with van der Waals surface area (Å²) >= 11 is 8.41. The highest BCUT2D eigenvalue weighted by atomic mass is 79.9. The minimum Gasteiger partial charge on any atom is -0.497 e. The Morgan fingerprint density at radius 3 is 2.40 bits per heavy atom. The number of halogens is 5. The second-order valence-corrected chi connectivity index (χ2v) is 3.84. The van der Waals surface area contributed by atoms with Crippen molar-refractivity contribution < 1.29 is 17.9 Å². The molecule has 15 heavy (non-hydrogen) atoms. The number of benzene rings is 1. The predicted octanol–water partition coefficient (Wildman–Crippen LogP) is 4.22. The number of alkyl halides is 4. The van der Waals surface area contributed by atoms with Gasteiger partial charge in [0.1, 0.15) is 5.75 Å². The maximum atomic E-state index is 12.6. The Labute approximate surface area is 98.3 Å². The number of methoxy groups -OCH3 is 1. The Morgan fingerprint density at radius 1 is 1.40 bits per heavy atom. The third kappa shape index (κ3) is 2.78. The molecule has 0 spiro atoms. The second kappa shape index (κ2) is 4.61. The van der Waals surface area contributed by atoms with E-state index in [-0.39, 0.29) is 16.1 Å². The van der Waals surface area contributed by atoms with Crippen LogP contribution in [0.3, 0.4) is 0 Å². The summed E-state index contributed by atoms with van der Waals surface area (Å²) < 4.78 is 42.4. The Morgan fingerprint density at radius 2 is 2.00 bits per heavy atom. The van der Waals surface area contributed by atoms with Crippen molar-refractivity contribution in [3.05, 3.63) is 27.7 Å². The lowest BCUT2D eigenvalue weighted by Gasteiger charge is -2.13. The summed E-state index contributed by atoms with van der Waals surface area (Å²) in [6, 6.07) is 2.40. The van der Waals surface area contributed by atoms with E-state index in [9.17, 15) is 13.2 Å². The van der Waals surface area contributed by atoms with Crippen LogP contribution in [-0.4, -0.2) is 7.11 Å². The monoisotopic (exact) mass is 302 g/mol. The van der Waals surface area contributed by atoms with Crippen LogP contribution in [0.25, 0.3) is 0 Å². The maximum absolute atomic E-state index is 12.6. The van der Waals surface area contributed by atoms with Crippen LogP contribution in [0.2, 0.25) is 0 Å². The molecule has 0 bridgehead atoms. The van der Waals surface area contributed by atoms with E-state index in [1.165, 1.54) is 13.2 Å². The maximum Gasteiger partial charge on any atom is 0.417 e. The topological polar surface area (TPSA) is 9.23 Å². The lowest BCUT2D eigenvalue weighted by molar-refractivity contribution is -0.138. The van der Waals surface area contributed by atoms with E-state index >= 15 is 0 Å². The summed E-state index contributed by atoms with van der Waals surface area (Å²) in [6.07, 6.45) is -4.42. The van der Waals surface area contributed by atoms with Crippen molar-refractivity contribution in [2.24, 2.45) is 0 Å². The minimum absolute atomic E-state index is 0.0130. The first-order valence-electron chi connectivity index (χ1n) is 3.89. The molecule has 0 saturated heterocycles. The van der Waals surface area contributed by atoms with Gasteiger partial charge in [0.2, 0.25) is 0 Å². The van der Waals surface area contributed by atoms with Crippen LogP contribution in [0.4, 0.5) is 13.2 Å². The van der Waals surface area contributed by atoms with Crippen LogP contribution in [0.1, 0.15) is 11.1 Å². The molecule has 0 N–H and O–H groups in total. The van der Waals surface area contributed by atoms with Crippen LogP contribution in [-0.2, 0) is 12.1 Å². The van der Waals surface area contributed by atoms with Crippen molar-refractivity contribution in [2.45, 2.75) is 12.1 Å². The highest BCUT2D eigenvalue weighted by molar-refractivity contribution is 9.10. The zero-order chi connectivity index (χ0) is 11.6. The smallest absolute Gasteiger partial charge is 0.417 e. The summed E-state index contributed by atoms with van der Waals surface area (Å²) in [5.41, 5.74) is -0.430. The van der Waals surface area contributed by atoms with Crippen molar-refractivity contribution in [1.29, 1.82) is 0 Å². The summed E-state index contributed by atoms with van der Waals surface area (Å²) in [4.78, 5) is 0. The van der Waals surface area contributed by atoms with Crippen LogP contribution < -0.4 is 4.74 Å². The van der Waals surface area contributed by atoms with E-state index in [0.717, 1.165) is 6.07 Å². The van der Waals surface area contributed by atoms with Gasteiger partial charge in [-0.15, -0.1) is 11.6 Å². The van der Waals surface area contributed by atoms with Crippen LogP contribution in [0.5, 0.6) is 5.75 Å². The lowest BCUT2D eigenvalue weighted by atomic mass is 10.1. The first kappa shape index (κ1) is 12.6. The fourth-order valence-corrected chi connectivity index (χ4v) is 2.04. The molecule has 0 unspecified atom stereocenters. The van der Waals surface area contributed by atoms with E-state index in [1.54, 1.807) is 0 Å². The first-order valence-corrected chi connectivity index (χ1v) is 5.22. The number of rotatable bonds is 2. The van der Waals surface area contributed by atoms with Gasteiger partial charge >= 0.3 is 6.18 Å². The van der Waals surface area contributed by atoms with E-state index in [0.29, 0.717) is 5.56 Å². The number of hydrogen-bond acceptors (Lipinski definition) is 1. The third-order valence-electron chi connectivity index (χ3n) is 1.81. The Hall–Kier alpha value is -0.420. The summed E-state index contributed by atoms with van der Waals surface area (Å²) in [7, 11) is 1.31. The molecule has 6 heteroatoms. The molecule has 1 aromatic carbocycles. The molecule has 0 atom stereocenters. The van der Waals surface area contributed by atoms with Gasteiger partial charge in [0.05, 0.1) is 12.7 Å². The standard InChI is InChI=1S/C9H7BrClF3O/c1-15-6-2-5(4-11)8(10)7(3-6)9(12,13)14/h2-3H,4H2,1H3. The fraction of sp³-hybridized carbons (Fsp3) is 0.333. The molecule has 1 nitrogen and oxygen atoms in total. The molecule has 1 rings (SSSR count). The van der Waals surface area contributed by atoms with Gasteiger partial charge in [0, 0.05) is 10.4 Å². The molecule has 1 aromatic rings. The van der Waals surface area contributed by atoms with Crippen molar-refractivity contribution >= 4 is 27.5 Å². The van der Waals surface area contributed by atoms with E-state index in [1.807, 2.05) is 0 Å². The average Bonchev–Trinajstić information content (AvgIpc) is 2.16. The third-order valence-corrected chi connectivity index (χ3v) is 3.03. The van der Waals surface area contributed by atoms with Crippen LogP contribution in [0, 0.1) is 0 Å². The van der Waals surface area contributed by atoms with Crippen LogP contribution in [0.15, 0.2) is 16.6 Å². The van der Waals surface area contributed by atoms with Gasteiger partial charge in [0.15, 0.2) is 0 Å². The van der Waals surface area contributed by atoms with E-state index in [4.69, 9.17) is 16.3 Å². The van der Waals surface area contributed by atoms with Gasteiger partial charge in [-0.05, 0) is 33.6 Å². The van der Waals surface area contributed by atoms with Gasteiger partial charge in [0.25, 0.3) is 0 Å². The van der Waals surface area contributed by atoms with Crippen molar-refractivity contribution in [3.8, 4) is 5.75 Å². The number of ether oxygens (including phenoxy) is 1. The quantitative estimate of drug-likeness (QED) is 0.744. The number of hydrogen-bond donors (Lipinski definition) is 0. The molecular formula is C9H7BrClF3O. The van der Waals surface area contributed by atoms with Gasteiger partial charge in [-0.2, -0.15) is 13.2 Å². The summed E-state index contributed by atoms with van der Waals surface area (Å²) in [5.74, 6) is 0.127. The average molecular weight is 304 g/mol. The van der Waals surface area contributed by atoms with E-state index in [2.05, 4.69) is 15.9 Å². The van der Waals surface area contributed by atoms with Gasteiger partial charge in [-0.25, -0.2) is 0 Å². The van der Waals surface area contributed by atoms with Gasteiger partial charge in [-0.1, -0.05) is 0 Å². The first-order chi connectivity index (χ1) is 6.90. The molecule has 0 radical (unpaired) electrons. The summed E-state index contributed by atoms with van der Waals surface area (Å²) in [5, 5.41) is 0. The molecule has 0 aromatic heterocycles. The SMILES string of the molecule is COc1cc(CCl)c(Br)c(C(F)(F)F)c1. The van der Waals surface area contributed by atoms with Gasteiger partial charge < -0.3 is 4.74 Å². The van der Waals surface area contributed by atoms with E-state index < -0.39 is 11.7 Å².